The van der Waals surface area contributed by atoms with Crippen LogP contribution in [0.4, 0.5) is 19.0 Å². The van der Waals surface area contributed by atoms with Crippen molar-refractivity contribution >= 4 is 17.6 Å². The van der Waals surface area contributed by atoms with Crippen molar-refractivity contribution in [2.75, 3.05) is 25.5 Å². The molecule has 2 N–H and O–H groups in total. The molecular formula is C34H37F3N6O5. The Bertz CT molecular complexity index is 1830. The molecule has 2 aliphatic rings. The average Bonchev–Trinajstić information content (AvgIpc) is 3.86. The Morgan fingerprint density at radius 3 is 2.42 bits per heavy atom. The molecule has 0 spiro atoms. The summed E-state index contributed by atoms with van der Waals surface area (Å²) in [6, 6.07) is 7.93. The second-order valence-electron chi connectivity index (χ2n) is 12.5. The molecule has 1 aromatic carbocycles. The molecule has 48 heavy (non-hydrogen) atoms. The number of nitriles is 1. The highest BCUT2D eigenvalue weighted by Crippen LogP contribution is 2.36. The van der Waals surface area contributed by atoms with E-state index in [9.17, 15) is 28.4 Å². The lowest BCUT2D eigenvalue weighted by atomic mass is 9.95. The molecule has 3 aromatic rings. The van der Waals surface area contributed by atoms with Crippen molar-refractivity contribution in [1.29, 1.82) is 5.26 Å². The highest BCUT2D eigenvalue weighted by Gasteiger charge is 2.47. The third-order valence-electron chi connectivity index (χ3n) is 8.26. The number of rotatable bonds is 12. The van der Waals surface area contributed by atoms with Gasteiger partial charge in [-0.05, 0) is 75.9 Å². The fraction of sp³-hybridized carbons (Fsp3) is 0.441. The zero-order valence-electron chi connectivity index (χ0n) is 27.3. The first-order chi connectivity index (χ1) is 22.7. The summed E-state index contributed by atoms with van der Waals surface area (Å²) < 4.78 is 55.6. The van der Waals surface area contributed by atoms with Gasteiger partial charge < -0.3 is 29.6 Å². The highest BCUT2D eigenvalue weighted by atomic mass is 19.3. The van der Waals surface area contributed by atoms with E-state index in [2.05, 4.69) is 15.6 Å². The summed E-state index contributed by atoms with van der Waals surface area (Å²) in [6.45, 7) is 6.00. The number of alkyl halides is 2. The monoisotopic (exact) mass is 666 g/mol. The van der Waals surface area contributed by atoms with Crippen LogP contribution in [0.25, 0.3) is 11.1 Å². The third kappa shape index (κ3) is 7.69. The minimum Gasteiger partial charge on any atom is -0.475 e. The summed E-state index contributed by atoms with van der Waals surface area (Å²) in [5, 5.41) is 15.4. The van der Waals surface area contributed by atoms with Crippen molar-refractivity contribution in [3.05, 3.63) is 75.0 Å². The maximum Gasteiger partial charge on any atom is 0.282 e. The molecule has 2 amide bonds. The van der Waals surface area contributed by atoms with Crippen molar-refractivity contribution in [1.82, 2.24) is 19.8 Å². The molecule has 14 heteroatoms. The van der Waals surface area contributed by atoms with Gasteiger partial charge in [-0.3, -0.25) is 14.4 Å². The Balaban J connectivity index is 1.53. The molecule has 2 atom stereocenters. The Morgan fingerprint density at radius 2 is 1.81 bits per heavy atom. The van der Waals surface area contributed by atoms with E-state index in [4.69, 9.17) is 9.47 Å². The molecule has 3 heterocycles. The quantitative estimate of drug-likeness (QED) is 0.279. The summed E-state index contributed by atoms with van der Waals surface area (Å²) in [7, 11) is 1.61. The predicted molar refractivity (Wildman–Crippen MR) is 171 cm³/mol. The number of likely N-dealkylation sites (tertiary alicyclic amines) is 1. The van der Waals surface area contributed by atoms with E-state index in [0.29, 0.717) is 12.1 Å². The maximum atomic E-state index is 15.7. The van der Waals surface area contributed by atoms with Gasteiger partial charge in [-0.15, -0.1) is 0 Å². The fourth-order valence-electron chi connectivity index (χ4n) is 5.35. The first kappa shape index (κ1) is 34.6. The topological polar surface area (TPSA) is 139 Å². The number of amides is 2. The molecular weight excluding hydrogens is 629 g/mol. The van der Waals surface area contributed by atoms with Crippen LogP contribution in [-0.4, -0.2) is 70.6 Å². The number of carbonyl (C=O) groups is 2. The van der Waals surface area contributed by atoms with Crippen LogP contribution in [0.5, 0.6) is 5.88 Å². The SMILES string of the molecule is CO[C@@H](C)[C@H](C)NCc1cc(C(=O)Nc2cc(-c3c(F)cc(C#N)cc3C(=O)N3CC(F)(F)C3)cc(OC(C)C)n2)c(=O)n(C2CC2)c1. The van der Waals surface area contributed by atoms with Crippen LogP contribution in [0.2, 0.25) is 0 Å². The van der Waals surface area contributed by atoms with E-state index in [1.807, 2.05) is 13.8 Å². The van der Waals surface area contributed by atoms with Gasteiger partial charge in [0, 0.05) is 43.6 Å². The van der Waals surface area contributed by atoms with Gasteiger partial charge >= 0.3 is 0 Å². The number of carbonyl (C=O) groups excluding carboxylic acids is 2. The van der Waals surface area contributed by atoms with Gasteiger partial charge in [0.05, 0.1) is 42.5 Å². The molecule has 1 aliphatic heterocycles. The minimum atomic E-state index is -3.07. The molecule has 1 saturated carbocycles. The molecule has 11 nitrogen and oxygen atoms in total. The molecule has 0 radical (unpaired) electrons. The Hall–Kier alpha value is -4.74. The number of aromatic nitrogens is 2. The van der Waals surface area contributed by atoms with Crippen molar-refractivity contribution < 1.29 is 32.2 Å². The Labute approximate surface area is 275 Å². The van der Waals surface area contributed by atoms with Gasteiger partial charge in [-0.2, -0.15) is 10.2 Å². The second kappa shape index (κ2) is 13.8. The molecule has 0 unspecified atom stereocenters. The normalized spacial score (nSPS) is 16.5. The first-order valence-electron chi connectivity index (χ1n) is 15.6. The van der Waals surface area contributed by atoms with Gasteiger partial charge in [0.2, 0.25) is 5.88 Å². The summed E-state index contributed by atoms with van der Waals surface area (Å²) in [5.41, 5.74) is -0.666. The van der Waals surface area contributed by atoms with Crippen LogP contribution in [0, 0.1) is 17.1 Å². The predicted octanol–water partition coefficient (Wildman–Crippen LogP) is 4.90. The second-order valence-corrected chi connectivity index (χ2v) is 12.5. The van der Waals surface area contributed by atoms with Gasteiger partial charge in [0.25, 0.3) is 23.3 Å². The number of hydrogen-bond acceptors (Lipinski definition) is 8. The van der Waals surface area contributed by atoms with E-state index >= 15 is 4.39 Å². The van der Waals surface area contributed by atoms with Crippen molar-refractivity contribution in [3.63, 3.8) is 0 Å². The summed E-state index contributed by atoms with van der Waals surface area (Å²) in [5.74, 6) is -5.85. The molecule has 5 rings (SSSR count). The Morgan fingerprint density at radius 1 is 1.10 bits per heavy atom. The first-order valence-corrected chi connectivity index (χ1v) is 15.6. The van der Waals surface area contributed by atoms with Gasteiger partial charge in [-0.25, -0.2) is 13.2 Å². The lowest BCUT2D eigenvalue weighted by Crippen LogP contribution is -2.58. The summed E-state index contributed by atoms with van der Waals surface area (Å²) >= 11 is 0. The van der Waals surface area contributed by atoms with Gasteiger partial charge in [-0.1, -0.05) is 0 Å². The number of methoxy groups -OCH3 is 1. The zero-order chi connectivity index (χ0) is 34.9. The number of ether oxygens (including phenoxy) is 2. The van der Waals surface area contributed by atoms with E-state index in [1.165, 1.54) is 18.2 Å². The van der Waals surface area contributed by atoms with Crippen molar-refractivity contribution in [3.8, 4) is 23.1 Å². The molecule has 2 aromatic heterocycles. The zero-order valence-corrected chi connectivity index (χ0v) is 27.3. The average molecular weight is 667 g/mol. The number of benzene rings is 1. The van der Waals surface area contributed by atoms with Crippen LogP contribution >= 0.6 is 0 Å². The number of hydrogen-bond donors (Lipinski definition) is 2. The maximum absolute atomic E-state index is 15.7. The van der Waals surface area contributed by atoms with E-state index < -0.39 is 48.3 Å². The smallest absolute Gasteiger partial charge is 0.282 e. The molecule has 254 valence electrons. The fourth-order valence-corrected chi connectivity index (χ4v) is 5.35. The van der Waals surface area contributed by atoms with E-state index in [1.54, 1.807) is 37.8 Å². The number of pyridine rings is 2. The van der Waals surface area contributed by atoms with Gasteiger partial charge in [0.15, 0.2) is 0 Å². The van der Waals surface area contributed by atoms with Crippen molar-refractivity contribution in [2.45, 2.75) is 77.3 Å². The lowest BCUT2D eigenvalue weighted by Gasteiger charge is -2.39. The van der Waals surface area contributed by atoms with Gasteiger partial charge in [0.1, 0.15) is 17.2 Å². The lowest BCUT2D eigenvalue weighted by molar-refractivity contribution is -0.113. The third-order valence-corrected chi connectivity index (χ3v) is 8.26. The standard InChI is InChI=1S/C34H37F3N6O5/c1-18(2)48-29-12-23(30-25(8-21(13-38)10-27(30)35)32(45)42-16-34(36,37)17-42)11-28(40-29)41-31(44)26-9-22(14-39-19(3)20(4)47-5)15-43(33(26)46)24-6-7-24/h8-12,15,18-20,24,39H,6-7,14,16-17H2,1-5H3,(H,40,41,44)/t19-,20-/m0/s1. The summed E-state index contributed by atoms with van der Waals surface area (Å²) in [6.07, 6.45) is 2.87. The molecule has 1 aliphatic carbocycles. The minimum absolute atomic E-state index is 0.0168. The van der Waals surface area contributed by atoms with Crippen LogP contribution in [0.1, 0.15) is 78.4 Å². The molecule has 0 bridgehead atoms. The molecule has 2 fully saturated rings. The number of halogens is 3. The van der Waals surface area contributed by atoms with Crippen LogP contribution < -0.4 is 20.9 Å². The van der Waals surface area contributed by atoms with Crippen LogP contribution in [-0.2, 0) is 11.3 Å². The van der Waals surface area contributed by atoms with Crippen molar-refractivity contribution in [2.24, 2.45) is 0 Å². The van der Waals surface area contributed by atoms with E-state index in [0.717, 1.165) is 29.9 Å². The Kier molecular flexibility index (Phi) is 9.93. The van der Waals surface area contributed by atoms with E-state index in [-0.39, 0.29) is 57.7 Å². The van der Waals surface area contributed by atoms with Crippen LogP contribution in [0.3, 0.4) is 0 Å². The number of anilines is 1. The largest absolute Gasteiger partial charge is 0.475 e. The van der Waals surface area contributed by atoms with Crippen LogP contribution in [0.15, 0.2) is 41.3 Å². The highest BCUT2D eigenvalue weighted by molar-refractivity contribution is 6.05. The number of nitrogens with one attached hydrogen (secondary N) is 2. The molecule has 1 saturated heterocycles. The number of nitrogens with zero attached hydrogens (tertiary/aromatic N) is 4. The summed E-state index contributed by atoms with van der Waals surface area (Å²) in [4.78, 5) is 45.6.